The smallest absolute Gasteiger partial charge is 0.342 e. The predicted octanol–water partition coefficient (Wildman–Crippen LogP) is 3.30. The fourth-order valence-corrected chi connectivity index (χ4v) is 2.38. The molecule has 0 aromatic heterocycles. The number of hydrogen-bond donors (Lipinski definition) is 1. The van der Waals surface area contributed by atoms with Crippen molar-refractivity contribution in [3.05, 3.63) is 59.7 Å². The van der Waals surface area contributed by atoms with Gasteiger partial charge in [-0.15, -0.1) is 0 Å². The van der Waals surface area contributed by atoms with Gasteiger partial charge >= 0.3 is 5.97 Å². The molecule has 0 radical (unpaired) electrons. The Kier molecular flexibility index (Phi) is 5.58. The maximum absolute atomic E-state index is 12.6. The monoisotopic (exact) mass is 327 g/mol. The average Bonchev–Trinajstić information content (AvgIpc) is 2.58. The van der Waals surface area contributed by atoms with Gasteiger partial charge in [-0.2, -0.15) is 0 Å². The highest BCUT2D eigenvalue weighted by molar-refractivity contribution is 5.99. The van der Waals surface area contributed by atoms with Crippen LogP contribution in [0.15, 0.2) is 48.5 Å². The molecule has 2 rings (SSSR count). The molecule has 0 spiro atoms. The number of carbonyl (C=O) groups excluding carboxylic acids is 2. The minimum atomic E-state index is -0.961. The van der Waals surface area contributed by atoms with E-state index in [1.807, 2.05) is 37.3 Å². The molecule has 0 fully saturated rings. The van der Waals surface area contributed by atoms with Gasteiger partial charge in [-0.05, 0) is 45.0 Å². The van der Waals surface area contributed by atoms with Crippen LogP contribution in [0.2, 0.25) is 0 Å². The van der Waals surface area contributed by atoms with Crippen molar-refractivity contribution in [2.24, 2.45) is 0 Å². The van der Waals surface area contributed by atoms with Gasteiger partial charge in [-0.1, -0.05) is 29.8 Å². The number of para-hydroxylation sites is 1. The molecular formula is C19H21NO4. The molecule has 0 saturated heterocycles. The summed E-state index contributed by atoms with van der Waals surface area (Å²) in [5, 5.41) is 9.79. The number of esters is 1. The fraction of sp³-hybridized carbons (Fsp3) is 0.263. The van der Waals surface area contributed by atoms with Gasteiger partial charge in [-0.25, -0.2) is 4.79 Å². The van der Waals surface area contributed by atoms with E-state index < -0.39 is 12.1 Å². The molecule has 1 amide bonds. The van der Waals surface area contributed by atoms with E-state index in [1.54, 1.807) is 17.9 Å². The lowest BCUT2D eigenvalue weighted by Crippen LogP contribution is -2.40. The number of nitrogens with zero attached hydrogens (tertiary/aromatic N) is 1. The van der Waals surface area contributed by atoms with Gasteiger partial charge in [0.1, 0.15) is 11.3 Å². The molecule has 0 aliphatic rings. The van der Waals surface area contributed by atoms with Crippen LogP contribution in [0.3, 0.4) is 0 Å². The van der Waals surface area contributed by atoms with Crippen molar-refractivity contribution in [2.75, 3.05) is 11.4 Å². The minimum absolute atomic E-state index is 0.0532. The van der Waals surface area contributed by atoms with Crippen LogP contribution in [-0.2, 0) is 9.53 Å². The van der Waals surface area contributed by atoms with Crippen molar-refractivity contribution in [3.8, 4) is 5.75 Å². The van der Waals surface area contributed by atoms with E-state index in [4.69, 9.17) is 4.74 Å². The number of rotatable bonds is 5. The Morgan fingerprint density at radius 3 is 2.46 bits per heavy atom. The van der Waals surface area contributed by atoms with E-state index in [-0.39, 0.29) is 17.2 Å². The van der Waals surface area contributed by atoms with E-state index in [2.05, 4.69) is 0 Å². The number of anilines is 1. The highest BCUT2D eigenvalue weighted by atomic mass is 16.5. The molecule has 0 aliphatic heterocycles. The first-order valence-electron chi connectivity index (χ1n) is 7.81. The Labute approximate surface area is 141 Å². The SMILES string of the molecule is CCN(C(=O)[C@@H](C)OC(=O)c1cc(C)ccc1O)c1ccccc1. The van der Waals surface area contributed by atoms with Crippen LogP contribution in [0.4, 0.5) is 5.69 Å². The van der Waals surface area contributed by atoms with Crippen molar-refractivity contribution >= 4 is 17.6 Å². The molecule has 0 bridgehead atoms. The van der Waals surface area contributed by atoms with Crippen molar-refractivity contribution in [3.63, 3.8) is 0 Å². The maximum atomic E-state index is 12.6. The normalized spacial score (nSPS) is 11.6. The number of amides is 1. The first kappa shape index (κ1) is 17.5. The third-order valence-electron chi connectivity index (χ3n) is 3.65. The van der Waals surface area contributed by atoms with E-state index in [9.17, 15) is 14.7 Å². The lowest BCUT2D eigenvalue weighted by molar-refractivity contribution is -0.126. The van der Waals surface area contributed by atoms with E-state index >= 15 is 0 Å². The first-order chi connectivity index (χ1) is 11.4. The molecule has 5 heteroatoms. The molecule has 2 aromatic carbocycles. The summed E-state index contributed by atoms with van der Waals surface area (Å²) in [7, 11) is 0. The number of phenols is 1. The Balaban J connectivity index is 2.13. The highest BCUT2D eigenvalue weighted by Gasteiger charge is 2.25. The lowest BCUT2D eigenvalue weighted by Gasteiger charge is -2.24. The van der Waals surface area contributed by atoms with Gasteiger partial charge in [0, 0.05) is 12.2 Å². The van der Waals surface area contributed by atoms with Crippen LogP contribution in [-0.4, -0.2) is 29.6 Å². The number of aryl methyl sites for hydroxylation is 1. The second-order valence-corrected chi connectivity index (χ2v) is 5.49. The summed E-state index contributed by atoms with van der Waals surface area (Å²) in [4.78, 5) is 26.4. The van der Waals surface area contributed by atoms with E-state index in [0.717, 1.165) is 11.3 Å². The van der Waals surface area contributed by atoms with Crippen molar-refractivity contribution in [2.45, 2.75) is 26.9 Å². The van der Waals surface area contributed by atoms with Crippen LogP contribution in [0, 0.1) is 6.92 Å². The molecule has 24 heavy (non-hydrogen) atoms. The summed E-state index contributed by atoms with van der Waals surface area (Å²) in [5.74, 6) is -1.20. The standard InChI is InChI=1S/C19H21NO4/c1-4-20(15-8-6-5-7-9-15)18(22)14(3)24-19(23)16-12-13(2)10-11-17(16)21/h5-12,14,21H,4H2,1-3H3/t14-/m1/s1. The number of aromatic hydroxyl groups is 1. The Hall–Kier alpha value is -2.82. The van der Waals surface area contributed by atoms with E-state index in [1.165, 1.54) is 19.1 Å². The molecular weight excluding hydrogens is 306 g/mol. The Bertz CT molecular complexity index is 727. The molecule has 5 nitrogen and oxygen atoms in total. The topological polar surface area (TPSA) is 66.8 Å². The number of benzene rings is 2. The zero-order chi connectivity index (χ0) is 17.7. The number of ether oxygens (including phenoxy) is 1. The van der Waals surface area contributed by atoms with Gasteiger partial charge in [0.05, 0.1) is 0 Å². The van der Waals surface area contributed by atoms with Gasteiger partial charge in [0.15, 0.2) is 6.10 Å². The zero-order valence-corrected chi connectivity index (χ0v) is 14.0. The molecule has 126 valence electrons. The summed E-state index contributed by atoms with van der Waals surface area (Å²) in [6, 6.07) is 13.8. The van der Waals surface area contributed by atoms with Gasteiger partial charge in [0.25, 0.3) is 5.91 Å². The first-order valence-corrected chi connectivity index (χ1v) is 7.81. The summed E-state index contributed by atoms with van der Waals surface area (Å²) in [5.41, 5.74) is 1.61. The number of hydrogen-bond acceptors (Lipinski definition) is 4. The molecule has 0 unspecified atom stereocenters. The summed E-state index contributed by atoms with van der Waals surface area (Å²) in [6.07, 6.45) is -0.961. The van der Waals surface area contributed by atoms with Crippen molar-refractivity contribution < 1.29 is 19.4 Å². The Morgan fingerprint density at radius 2 is 1.83 bits per heavy atom. The second kappa shape index (κ2) is 7.64. The van der Waals surface area contributed by atoms with Crippen molar-refractivity contribution in [1.29, 1.82) is 0 Å². The molecule has 0 saturated carbocycles. The number of likely N-dealkylation sites (N-methyl/N-ethyl adjacent to an activating group) is 1. The number of carbonyl (C=O) groups is 2. The minimum Gasteiger partial charge on any atom is -0.507 e. The van der Waals surface area contributed by atoms with Crippen molar-refractivity contribution in [1.82, 2.24) is 0 Å². The highest BCUT2D eigenvalue weighted by Crippen LogP contribution is 2.21. The maximum Gasteiger partial charge on any atom is 0.342 e. The molecule has 0 aliphatic carbocycles. The van der Waals surface area contributed by atoms with Crippen LogP contribution >= 0.6 is 0 Å². The predicted molar refractivity (Wildman–Crippen MR) is 92.2 cm³/mol. The van der Waals surface area contributed by atoms with Crippen LogP contribution < -0.4 is 4.90 Å². The quantitative estimate of drug-likeness (QED) is 0.856. The summed E-state index contributed by atoms with van der Waals surface area (Å²) in [6.45, 7) is 5.64. The fourth-order valence-electron chi connectivity index (χ4n) is 2.38. The van der Waals surface area contributed by atoms with Crippen LogP contribution in [0.25, 0.3) is 0 Å². The molecule has 2 aromatic rings. The molecule has 0 heterocycles. The van der Waals surface area contributed by atoms with Gasteiger partial charge in [0.2, 0.25) is 0 Å². The molecule has 1 N–H and O–H groups in total. The average molecular weight is 327 g/mol. The summed E-state index contributed by atoms with van der Waals surface area (Å²) >= 11 is 0. The van der Waals surface area contributed by atoms with Gasteiger partial charge in [-0.3, -0.25) is 4.79 Å². The third kappa shape index (κ3) is 3.93. The third-order valence-corrected chi connectivity index (χ3v) is 3.65. The lowest BCUT2D eigenvalue weighted by atomic mass is 10.1. The van der Waals surface area contributed by atoms with Gasteiger partial charge < -0.3 is 14.7 Å². The zero-order valence-electron chi connectivity index (χ0n) is 14.0. The van der Waals surface area contributed by atoms with E-state index in [0.29, 0.717) is 6.54 Å². The summed E-state index contributed by atoms with van der Waals surface area (Å²) < 4.78 is 5.25. The van der Waals surface area contributed by atoms with Crippen LogP contribution in [0.1, 0.15) is 29.8 Å². The second-order valence-electron chi connectivity index (χ2n) is 5.49. The van der Waals surface area contributed by atoms with Crippen LogP contribution in [0.5, 0.6) is 5.75 Å². The number of phenolic OH excluding ortho intramolecular Hbond substituents is 1. The Morgan fingerprint density at radius 1 is 1.17 bits per heavy atom. The molecule has 1 atom stereocenters. The largest absolute Gasteiger partial charge is 0.507 e.